The maximum absolute atomic E-state index is 12.4. The predicted molar refractivity (Wildman–Crippen MR) is 121 cm³/mol. The van der Waals surface area contributed by atoms with Crippen LogP contribution in [0.2, 0.25) is 0 Å². The highest BCUT2D eigenvalue weighted by molar-refractivity contribution is 8.14. The molecule has 0 saturated heterocycles. The van der Waals surface area contributed by atoms with Crippen LogP contribution >= 0.6 is 11.8 Å². The van der Waals surface area contributed by atoms with Gasteiger partial charge in [0.25, 0.3) is 0 Å². The molecule has 0 aliphatic carbocycles. The first kappa shape index (κ1) is 21.4. The molecule has 1 amide bonds. The van der Waals surface area contributed by atoms with E-state index >= 15 is 0 Å². The van der Waals surface area contributed by atoms with Crippen LogP contribution in [0.4, 0.5) is 17.1 Å². The molecule has 0 spiro atoms. The number of thioether (sulfide) groups is 1. The summed E-state index contributed by atoms with van der Waals surface area (Å²) >= 11 is 1.30. The number of methoxy groups -OCH3 is 1. The van der Waals surface area contributed by atoms with Crippen LogP contribution in [-0.2, 0) is 14.3 Å². The quantitative estimate of drug-likeness (QED) is 0.641. The molecule has 0 fully saturated rings. The van der Waals surface area contributed by atoms with Crippen molar-refractivity contribution in [2.45, 2.75) is 13.3 Å². The van der Waals surface area contributed by atoms with Crippen molar-refractivity contribution >= 4 is 45.7 Å². The number of amides is 1. The Morgan fingerprint density at radius 1 is 1.13 bits per heavy atom. The van der Waals surface area contributed by atoms with Crippen molar-refractivity contribution in [3.05, 3.63) is 60.3 Å². The van der Waals surface area contributed by atoms with Crippen molar-refractivity contribution in [2.75, 3.05) is 30.1 Å². The molecule has 7 nitrogen and oxygen atoms in total. The van der Waals surface area contributed by atoms with Gasteiger partial charge in [0.2, 0.25) is 5.91 Å². The molecular formula is C22H23N3O4S. The molecule has 2 aromatic carbocycles. The third-order valence-corrected chi connectivity index (χ3v) is 5.00. The smallest absolute Gasteiger partial charge is 0.311 e. The summed E-state index contributed by atoms with van der Waals surface area (Å²) < 4.78 is 10.2. The maximum atomic E-state index is 12.4. The van der Waals surface area contributed by atoms with E-state index in [1.807, 2.05) is 43.3 Å². The van der Waals surface area contributed by atoms with Crippen LogP contribution in [0.25, 0.3) is 0 Å². The normalized spacial score (nSPS) is 12.5. The van der Waals surface area contributed by atoms with Gasteiger partial charge in [-0.15, -0.1) is 0 Å². The second kappa shape index (κ2) is 10.5. The van der Waals surface area contributed by atoms with Gasteiger partial charge in [-0.05, 0) is 49.4 Å². The zero-order valence-electron chi connectivity index (χ0n) is 16.8. The number of hydrogen-bond donors (Lipinski definition) is 2. The van der Waals surface area contributed by atoms with E-state index in [9.17, 15) is 9.59 Å². The SMILES string of the molecule is CCOc1ccc(NC(=O)CSC2=Nc3ccccc3NC(CC(=O)OC)=C2)cc1. The molecule has 0 radical (unpaired) electrons. The first-order chi connectivity index (χ1) is 14.6. The number of benzene rings is 2. The molecule has 0 aromatic heterocycles. The number of anilines is 2. The number of nitrogens with zero attached hydrogens (tertiary/aromatic N) is 1. The van der Waals surface area contributed by atoms with E-state index in [0.29, 0.717) is 23.0 Å². The lowest BCUT2D eigenvalue weighted by atomic mass is 10.2. The zero-order valence-corrected chi connectivity index (χ0v) is 17.6. The molecule has 2 aromatic rings. The van der Waals surface area contributed by atoms with Gasteiger partial charge in [0.15, 0.2) is 0 Å². The van der Waals surface area contributed by atoms with Gasteiger partial charge in [-0.3, -0.25) is 9.59 Å². The highest BCUT2D eigenvalue weighted by atomic mass is 32.2. The summed E-state index contributed by atoms with van der Waals surface area (Å²) in [5, 5.41) is 6.71. The molecule has 0 unspecified atom stereocenters. The van der Waals surface area contributed by atoms with E-state index in [1.54, 1.807) is 18.2 Å². The van der Waals surface area contributed by atoms with Crippen molar-refractivity contribution < 1.29 is 19.1 Å². The second-order valence-electron chi connectivity index (χ2n) is 6.31. The van der Waals surface area contributed by atoms with Gasteiger partial charge in [-0.25, -0.2) is 4.99 Å². The molecule has 1 aliphatic rings. The maximum Gasteiger partial charge on any atom is 0.311 e. The molecule has 1 heterocycles. The number of hydrogen-bond acceptors (Lipinski definition) is 7. The van der Waals surface area contributed by atoms with E-state index in [4.69, 9.17) is 9.47 Å². The molecule has 3 rings (SSSR count). The van der Waals surface area contributed by atoms with E-state index in [0.717, 1.165) is 17.1 Å². The predicted octanol–water partition coefficient (Wildman–Crippen LogP) is 4.36. The van der Waals surface area contributed by atoms with Crippen molar-refractivity contribution in [3.63, 3.8) is 0 Å². The van der Waals surface area contributed by atoms with E-state index < -0.39 is 0 Å². The Balaban J connectivity index is 1.66. The fourth-order valence-corrected chi connectivity index (χ4v) is 3.46. The molecular weight excluding hydrogens is 402 g/mol. The van der Waals surface area contributed by atoms with Gasteiger partial charge in [-0.2, -0.15) is 0 Å². The van der Waals surface area contributed by atoms with Crippen molar-refractivity contribution in [1.29, 1.82) is 0 Å². The molecule has 156 valence electrons. The number of para-hydroxylation sites is 2. The van der Waals surface area contributed by atoms with Gasteiger partial charge in [0.05, 0.1) is 42.3 Å². The second-order valence-corrected chi connectivity index (χ2v) is 7.30. The average molecular weight is 426 g/mol. The molecule has 0 atom stereocenters. The number of carbonyl (C=O) groups is 2. The van der Waals surface area contributed by atoms with E-state index in [-0.39, 0.29) is 24.1 Å². The van der Waals surface area contributed by atoms with Gasteiger partial charge >= 0.3 is 5.97 Å². The number of aliphatic imine (C=N–C) groups is 1. The van der Waals surface area contributed by atoms with Crippen LogP contribution in [0, 0.1) is 0 Å². The summed E-state index contributed by atoms with van der Waals surface area (Å²) in [7, 11) is 1.35. The van der Waals surface area contributed by atoms with Crippen LogP contribution in [0.3, 0.4) is 0 Å². The van der Waals surface area contributed by atoms with Crippen LogP contribution in [0.1, 0.15) is 13.3 Å². The van der Waals surface area contributed by atoms with Gasteiger partial charge in [0.1, 0.15) is 5.75 Å². The first-order valence-corrected chi connectivity index (χ1v) is 10.4. The lowest BCUT2D eigenvalue weighted by molar-refractivity contribution is -0.139. The number of esters is 1. The molecule has 8 heteroatoms. The van der Waals surface area contributed by atoms with Crippen LogP contribution in [0.5, 0.6) is 5.75 Å². The van der Waals surface area contributed by atoms with Crippen molar-refractivity contribution in [2.24, 2.45) is 4.99 Å². The van der Waals surface area contributed by atoms with Crippen LogP contribution in [-0.4, -0.2) is 36.4 Å². The summed E-state index contributed by atoms with van der Waals surface area (Å²) in [4.78, 5) is 28.7. The summed E-state index contributed by atoms with van der Waals surface area (Å²) in [6, 6.07) is 14.7. The number of rotatable bonds is 7. The highest BCUT2D eigenvalue weighted by Crippen LogP contribution is 2.31. The first-order valence-electron chi connectivity index (χ1n) is 9.45. The van der Waals surface area contributed by atoms with E-state index in [2.05, 4.69) is 15.6 Å². The third-order valence-electron chi connectivity index (χ3n) is 4.09. The summed E-state index contributed by atoms with van der Waals surface area (Å²) in [5.41, 5.74) is 2.89. The summed E-state index contributed by atoms with van der Waals surface area (Å²) in [6.45, 7) is 2.51. The number of carbonyl (C=O) groups excluding carboxylic acids is 2. The third kappa shape index (κ3) is 6.12. The zero-order chi connectivity index (χ0) is 21.3. The lowest BCUT2D eigenvalue weighted by Crippen LogP contribution is -2.15. The Kier molecular flexibility index (Phi) is 7.51. The summed E-state index contributed by atoms with van der Waals surface area (Å²) in [5.74, 6) is 0.425. The van der Waals surface area contributed by atoms with Gasteiger partial charge < -0.3 is 20.1 Å². The Morgan fingerprint density at radius 3 is 2.63 bits per heavy atom. The number of ether oxygens (including phenoxy) is 2. The molecule has 30 heavy (non-hydrogen) atoms. The minimum absolute atomic E-state index is 0.0861. The fourth-order valence-electron chi connectivity index (χ4n) is 2.72. The van der Waals surface area contributed by atoms with Crippen LogP contribution < -0.4 is 15.4 Å². The average Bonchev–Trinajstić information content (AvgIpc) is 2.92. The highest BCUT2D eigenvalue weighted by Gasteiger charge is 2.15. The molecule has 2 N–H and O–H groups in total. The monoisotopic (exact) mass is 425 g/mol. The topological polar surface area (TPSA) is 89.0 Å². The largest absolute Gasteiger partial charge is 0.494 e. The fraction of sp³-hybridized carbons (Fsp3) is 0.227. The minimum Gasteiger partial charge on any atom is -0.494 e. The Labute approximate surface area is 179 Å². The molecule has 1 aliphatic heterocycles. The summed E-state index contributed by atoms with van der Waals surface area (Å²) in [6.07, 6.45) is 1.86. The Bertz CT molecular complexity index is 971. The Morgan fingerprint density at radius 2 is 1.90 bits per heavy atom. The van der Waals surface area contributed by atoms with Crippen molar-refractivity contribution in [3.8, 4) is 5.75 Å². The molecule has 0 bridgehead atoms. The van der Waals surface area contributed by atoms with Crippen LogP contribution in [0.15, 0.2) is 65.3 Å². The number of nitrogens with one attached hydrogen (secondary N) is 2. The minimum atomic E-state index is -0.356. The van der Waals surface area contributed by atoms with Gasteiger partial charge in [-0.1, -0.05) is 23.9 Å². The van der Waals surface area contributed by atoms with E-state index in [1.165, 1.54) is 18.9 Å². The lowest BCUT2D eigenvalue weighted by Gasteiger charge is -2.09. The molecule has 0 saturated carbocycles. The van der Waals surface area contributed by atoms with Gasteiger partial charge in [0, 0.05) is 11.4 Å². The number of fused-ring (bicyclic) bond motifs is 1. The van der Waals surface area contributed by atoms with Crippen molar-refractivity contribution in [1.82, 2.24) is 0 Å². The Hall–Kier alpha value is -3.26. The standard InChI is InChI=1S/C22H23N3O4S/c1-3-29-17-10-8-15(9-11-17)24-20(26)14-30-21-12-16(13-22(27)28-2)23-18-6-4-5-7-19(18)25-21/h4-12,23H,3,13-14H2,1-2H3,(H,24,26).